The maximum absolute atomic E-state index is 11.2. The lowest BCUT2D eigenvalue weighted by molar-refractivity contribution is -0.146. The average Bonchev–Trinajstić information content (AvgIpc) is 2.23. The standard InChI is InChI=1S/C9H17NO4/c1-4-6(2)8(9(13)14-3)10-7(12)5-11/h6,8,11H,4-5H2,1-3H3,(H,10,12)/t6-,8-/m0/s1. The van der Waals surface area contributed by atoms with E-state index >= 15 is 0 Å². The molecule has 0 aromatic rings. The van der Waals surface area contributed by atoms with E-state index in [0.717, 1.165) is 6.42 Å². The molecule has 0 unspecified atom stereocenters. The molecule has 0 radical (unpaired) electrons. The van der Waals surface area contributed by atoms with Crippen LogP contribution in [0.2, 0.25) is 0 Å². The third-order valence-corrected chi connectivity index (χ3v) is 2.13. The molecule has 0 heterocycles. The molecule has 82 valence electrons. The Balaban J connectivity index is 4.39. The number of ether oxygens (including phenoxy) is 1. The molecule has 5 heteroatoms. The fraction of sp³-hybridized carbons (Fsp3) is 0.778. The van der Waals surface area contributed by atoms with Gasteiger partial charge in [-0.2, -0.15) is 0 Å². The Morgan fingerprint density at radius 2 is 2.07 bits per heavy atom. The highest BCUT2D eigenvalue weighted by atomic mass is 16.5. The summed E-state index contributed by atoms with van der Waals surface area (Å²) in [6, 6.07) is -0.676. The SMILES string of the molecule is CC[C@H](C)[C@H](NC(=O)CO)C(=O)OC. The second kappa shape index (κ2) is 6.37. The molecule has 5 nitrogen and oxygen atoms in total. The number of carbonyl (C=O) groups is 2. The quantitative estimate of drug-likeness (QED) is 0.601. The summed E-state index contributed by atoms with van der Waals surface area (Å²) in [5, 5.41) is 10.9. The number of rotatable bonds is 5. The number of carbonyl (C=O) groups excluding carboxylic acids is 2. The first-order valence-corrected chi connectivity index (χ1v) is 4.54. The Labute approximate surface area is 83.4 Å². The van der Waals surface area contributed by atoms with Gasteiger partial charge in [-0.05, 0) is 5.92 Å². The third-order valence-electron chi connectivity index (χ3n) is 2.13. The number of aliphatic hydroxyl groups excluding tert-OH is 1. The van der Waals surface area contributed by atoms with E-state index in [2.05, 4.69) is 10.1 Å². The highest BCUT2D eigenvalue weighted by Gasteiger charge is 2.26. The van der Waals surface area contributed by atoms with Gasteiger partial charge in [-0.25, -0.2) is 4.79 Å². The van der Waals surface area contributed by atoms with Crippen molar-refractivity contribution < 1.29 is 19.4 Å². The van der Waals surface area contributed by atoms with Crippen LogP contribution in [0.4, 0.5) is 0 Å². The van der Waals surface area contributed by atoms with Crippen LogP contribution in [0.15, 0.2) is 0 Å². The van der Waals surface area contributed by atoms with E-state index in [0.29, 0.717) is 0 Å². The normalized spacial score (nSPS) is 14.3. The molecular formula is C9H17NO4. The van der Waals surface area contributed by atoms with Gasteiger partial charge in [-0.1, -0.05) is 20.3 Å². The lowest BCUT2D eigenvalue weighted by Gasteiger charge is -2.21. The third kappa shape index (κ3) is 3.74. The van der Waals surface area contributed by atoms with Gasteiger partial charge in [0.05, 0.1) is 7.11 Å². The maximum Gasteiger partial charge on any atom is 0.328 e. The molecule has 0 saturated carbocycles. The van der Waals surface area contributed by atoms with E-state index in [1.165, 1.54) is 7.11 Å². The molecule has 14 heavy (non-hydrogen) atoms. The zero-order valence-corrected chi connectivity index (χ0v) is 8.74. The maximum atomic E-state index is 11.2. The highest BCUT2D eigenvalue weighted by Crippen LogP contribution is 2.08. The molecule has 2 N–H and O–H groups in total. The lowest BCUT2D eigenvalue weighted by atomic mass is 9.99. The molecule has 0 bridgehead atoms. The predicted molar refractivity (Wildman–Crippen MR) is 50.5 cm³/mol. The zero-order valence-electron chi connectivity index (χ0n) is 8.74. The van der Waals surface area contributed by atoms with Gasteiger partial charge in [0.25, 0.3) is 0 Å². The number of amides is 1. The van der Waals surface area contributed by atoms with Crippen molar-refractivity contribution in [1.82, 2.24) is 5.32 Å². The molecule has 0 aliphatic rings. The van der Waals surface area contributed by atoms with Crippen molar-refractivity contribution in [2.45, 2.75) is 26.3 Å². The molecule has 0 aliphatic heterocycles. The van der Waals surface area contributed by atoms with Gasteiger partial charge in [0.1, 0.15) is 12.6 Å². The van der Waals surface area contributed by atoms with Crippen molar-refractivity contribution in [3.63, 3.8) is 0 Å². The molecule has 0 aromatic carbocycles. The first-order chi connectivity index (χ1) is 6.56. The summed E-state index contributed by atoms with van der Waals surface area (Å²) in [7, 11) is 1.27. The zero-order chi connectivity index (χ0) is 11.1. The summed E-state index contributed by atoms with van der Waals surface area (Å²) in [6.45, 7) is 3.12. The second-order valence-electron chi connectivity index (χ2n) is 3.11. The van der Waals surface area contributed by atoms with Crippen molar-refractivity contribution >= 4 is 11.9 Å². The van der Waals surface area contributed by atoms with Gasteiger partial charge in [0.15, 0.2) is 0 Å². The van der Waals surface area contributed by atoms with Gasteiger partial charge < -0.3 is 15.2 Å². The molecular weight excluding hydrogens is 186 g/mol. The first-order valence-electron chi connectivity index (χ1n) is 4.54. The number of nitrogens with one attached hydrogen (secondary N) is 1. The average molecular weight is 203 g/mol. The topological polar surface area (TPSA) is 75.6 Å². The number of methoxy groups -OCH3 is 1. The highest BCUT2D eigenvalue weighted by molar-refractivity contribution is 5.85. The van der Waals surface area contributed by atoms with Crippen LogP contribution in [-0.2, 0) is 14.3 Å². The lowest BCUT2D eigenvalue weighted by Crippen LogP contribution is -2.46. The minimum atomic E-state index is -0.676. The van der Waals surface area contributed by atoms with E-state index in [1.54, 1.807) is 0 Å². The van der Waals surface area contributed by atoms with Gasteiger partial charge in [0, 0.05) is 0 Å². The van der Waals surface area contributed by atoms with Crippen molar-refractivity contribution in [2.24, 2.45) is 5.92 Å². The molecule has 2 atom stereocenters. The van der Waals surface area contributed by atoms with Crippen LogP contribution in [0.25, 0.3) is 0 Å². The van der Waals surface area contributed by atoms with E-state index in [9.17, 15) is 9.59 Å². The van der Waals surface area contributed by atoms with Crippen LogP contribution in [0, 0.1) is 5.92 Å². The summed E-state index contributed by atoms with van der Waals surface area (Å²) in [5.74, 6) is -1.07. The summed E-state index contributed by atoms with van der Waals surface area (Å²) >= 11 is 0. The van der Waals surface area contributed by atoms with Crippen LogP contribution in [-0.4, -0.2) is 36.7 Å². The van der Waals surface area contributed by atoms with Crippen LogP contribution in [0.1, 0.15) is 20.3 Å². The Hall–Kier alpha value is -1.10. The fourth-order valence-corrected chi connectivity index (χ4v) is 1.02. The molecule has 0 saturated heterocycles. The Morgan fingerprint density at radius 1 is 1.50 bits per heavy atom. The summed E-state index contributed by atoms with van der Waals surface area (Å²) < 4.78 is 4.55. The molecule has 0 aliphatic carbocycles. The minimum absolute atomic E-state index is 0.0158. The van der Waals surface area contributed by atoms with Gasteiger partial charge in [-0.3, -0.25) is 4.79 Å². The van der Waals surface area contributed by atoms with Crippen LogP contribution < -0.4 is 5.32 Å². The van der Waals surface area contributed by atoms with Crippen molar-refractivity contribution in [3.8, 4) is 0 Å². The Morgan fingerprint density at radius 3 is 2.43 bits per heavy atom. The molecule has 0 spiro atoms. The number of aliphatic hydroxyl groups is 1. The first kappa shape index (κ1) is 12.9. The van der Waals surface area contributed by atoms with Crippen molar-refractivity contribution in [3.05, 3.63) is 0 Å². The van der Waals surface area contributed by atoms with Crippen molar-refractivity contribution in [1.29, 1.82) is 0 Å². The van der Waals surface area contributed by atoms with Crippen molar-refractivity contribution in [2.75, 3.05) is 13.7 Å². The van der Waals surface area contributed by atoms with E-state index in [1.807, 2.05) is 13.8 Å². The Kier molecular flexibility index (Phi) is 5.87. The Bertz CT molecular complexity index is 205. The van der Waals surface area contributed by atoms with E-state index in [-0.39, 0.29) is 5.92 Å². The van der Waals surface area contributed by atoms with Gasteiger partial charge in [0.2, 0.25) is 5.91 Å². The van der Waals surface area contributed by atoms with E-state index < -0.39 is 24.5 Å². The van der Waals surface area contributed by atoms with E-state index in [4.69, 9.17) is 5.11 Å². The molecule has 0 fully saturated rings. The summed E-state index contributed by atoms with van der Waals surface area (Å²) in [5.41, 5.74) is 0. The molecule has 1 amide bonds. The largest absolute Gasteiger partial charge is 0.467 e. The summed E-state index contributed by atoms with van der Waals surface area (Å²) in [6.07, 6.45) is 0.742. The monoisotopic (exact) mass is 203 g/mol. The second-order valence-corrected chi connectivity index (χ2v) is 3.11. The minimum Gasteiger partial charge on any atom is -0.467 e. The number of hydrogen-bond acceptors (Lipinski definition) is 4. The molecule has 0 aromatic heterocycles. The predicted octanol–water partition coefficient (Wildman–Crippen LogP) is -0.317. The molecule has 0 rings (SSSR count). The van der Waals surface area contributed by atoms with Gasteiger partial charge >= 0.3 is 5.97 Å². The number of hydrogen-bond donors (Lipinski definition) is 2. The fourth-order valence-electron chi connectivity index (χ4n) is 1.02. The van der Waals surface area contributed by atoms with Crippen LogP contribution in [0.5, 0.6) is 0 Å². The summed E-state index contributed by atoms with van der Waals surface area (Å²) in [4.78, 5) is 22.1. The number of esters is 1. The smallest absolute Gasteiger partial charge is 0.328 e. The van der Waals surface area contributed by atoms with Crippen LogP contribution >= 0.6 is 0 Å². The van der Waals surface area contributed by atoms with Gasteiger partial charge in [-0.15, -0.1) is 0 Å². The van der Waals surface area contributed by atoms with Crippen LogP contribution in [0.3, 0.4) is 0 Å².